The second-order valence-corrected chi connectivity index (χ2v) is 11.4. The molecule has 1 aromatic heterocycles. The van der Waals surface area contributed by atoms with E-state index < -0.39 is 15.9 Å². The molecular weight excluding hydrogens is 482 g/mol. The molecule has 36 heavy (non-hydrogen) atoms. The minimum absolute atomic E-state index is 0.118. The van der Waals surface area contributed by atoms with Crippen molar-refractivity contribution in [1.82, 2.24) is 19.4 Å². The molecule has 0 radical (unpaired) electrons. The largest absolute Gasteiger partial charge is 0.403 e. The molecule has 1 aliphatic heterocycles. The van der Waals surface area contributed by atoms with Gasteiger partial charge in [-0.25, -0.2) is 8.42 Å². The van der Waals surface area contributed by atoms with Crippen molar-refractivity contribution in [2.24, 2.45) is 11.8 Å². The zero-order valence-corrected chi connectivity index (χ0v) is 21.4. The molecule has 1 saturated heterocycles. The standard InChI is InChI=1S/C25H29N5O5S/c1-16-12-17(2)15-30(14-16)36(33,34)21-10-8-18(9-11-21)22(31)26-25-28-27-23(35-25)19-6-5-7-20(13-19)24(32)29(3)4/h5-11,13,16-17H,12,14-15H2,1-4H3,(H,26,28,31)/t16-,17+. The van der Waals surface area contributed by atoms with Gasteiger partial charge in [0.15, 0.2) is 0 Å². The highest BCUT2D eigenvalue weighted by Crippen LogP contribution is 2.27. The lowest BCUT2D eigenvalue weighted by Gasteiger charge is -2.34. The molecule has 3 aromatic rings. The van der Waals surface area contributed by atoms with Crippen molar-refractivity contribution in [2.45, 2.75) is 25.2 Å². The van der Waals surface area contributed by atoms with Gasteiger partial charge in [-0.2, -0.15) is 4.31 Å². The fraction of sp³-hybridized carbons (Fsp3) is 0.360. The predicted molar refractivity (Wildman–Crippen MR) is 134 cm³/mol. The first kappa shape index (κ1) is 25.5. The van der Waals surface area contributed by atoms with Gasteiger partial charge in [0.05, 0.1) is 4.90 Å². The lowest BCUT2D eigenvalue weighted by atomic mass is 9.94. The summed E-state index contributed by atoms with van der Waals surface area (Å²) >= 11 is 0. The van der Waals surface area contributed by atoms with Crippen molar-refractivity contribution < 1.29 is 22.4 Å². The second-order valence-electron chi connectivity index (χ2n) is 9.44. The molecule has 2 aromatic carbocycles. The Kier molecular flexibility index (Phi) is 7.23. The van der Waals surface area contributed by atoms with Crippen molar-refractivity contribution in [3.63, 3.8) is 0 Å². The fourth-order valence-electron chi connectivity index (χ4n) is 4.33. The molecule has 0 bridgehead atoms. The molecule has 2 atom stereocenters. The van der Waals surface area contributed by atoms with E-state index in [9.17, 15) is 18.0 Å². The molecular formula is C25H29N5O5S. The number of carbonyl (C=O) groups is 2. The molecule has 1 fully saturated rings. The van der Waals surface area contributed by atoms with E-state index >= 15 is 0 Å². The van der Waals surface area contributed by atoms with E-state index in [-0.39, 0.29) is 28.3 Å². The minimum Gasteiger partial charge on any atom is -0.403 e. The van der Waals surface area contributed by atoms with Crippen LogP contribution >= 0.6 is 0 Å². The summed E-state index contributed by atoms with van der Waals surface area (Å²) in [6, 6.07) is 12.4. The average Bonchev–Trinajstić information content (AvgIpc) is 3.31. The van der Waals surface area contributed by atoms with E-state index in [4.69, 9.17) is 4.42 Å². The highest BCUT2D eigenvalue weighted by Gasteiger charge is 2.31. The molecule has 0 spiro atoms. The first-order valence-corrected chi connectivity index (χ1v) is 13.1. The van der Waals surface area contributed by atoms with Crippen LogP contribution in [-0.4, -0.2) is 66.8 Å². The van der Waals surface area contributed by atoms with Gasteiger partial charge in [0, 0.05) is 43.9 Å². The molecule has 10 nitrogen and oxygen atoms in total. The van der Waals surface area contributed by atoms with E-state index in [1.807, 2.05) is 0 Å². The van der Waals surface area contributed by atoms with Crippen LogP contribution in [0.25, 0.3) is 11.5 Å². The first-order valence-electron chi connectivity index (χ1n) is 11.6. The maximum Gasteiger partial charge on any atom is 0.322 e. The van der Waals surface area contributed by atoms with Gasteiger partial charge in [-0.15, -0.1) is 5.10 Å². The van der Waals surface area contributed by atoms with Gasteiger partial charge in [-0.3, -0.25) is 14.9 Å². The fourth-order valence-corrected chi connectivity index (χ4v) is 6.01. The van der Waals surface area contributed by atoms with E-state index in [0.717, 1.165) is 6.42 Å². The van der Waals surface area contributed by atoms with Crippen LogP contribution in [0.5, 0.6) is 0 Å². The van der Waals surface area contributed by atoms with Crippen LogP contribution in [0.3, 0.4) is 0 Å². The number of piperidine rings is 1. The maximum atomic E-state index is 13.1. The van der Waals surface area contributed by atoms with E-state index in [1.165, 1.54) is 33.5 Å². The summed E-state index contributed by atoms with van der Waals surface area (Å²) in [5.74, 6) is 0.0448. The van der Waals surface area contributed by atoms with Crippen molar-refractivity contribution >= 4 is 27.9 Å². The van der Waals surface area contributed by atoms with Gasteiger partial charge in [0.1, 0.15) is 0 Å². The zero-order chi connectivity index (χ0) is 26.0. The van der Waals surface area contributed by atoms with Crippen LogP contribution in [0.4, 0.5) is 6.01 Å². The molecule has 190 valence electrons. The summed E-state index contributed by atoms with van der Waals surface area (Å²) in [5, 5.41) is 10.3. The Morgan fingerprint density at radius 1 is 1.00 bits per heavy atom. The van der Waals surface area contributed by atoms with Gasteiger partial charge in [0.25, 0.3) is 11.8 Å². The van der Waals surface area contributed by atoms with Gasteiger partial charge < -0.3 is 9.32 Å². The summed E-state index contributed by atoms with van der Waals surface area (Å²) < 4.78 is 33.2. The number of hydrogen-bond donors (Lipinski definition) is 1. The van der Waals surface area contributed by atoms with Crippen LogP contribution in [0.2, 0.25) is 0 Å². The number of carbonyl (C=O) groups excluding carboxylic acids is 2. The average molecular weight is 512 g/mol. The molecule has 11 heteroatoms. The van der Waals surface area contributed by atoms with Crippen LogP contribution in [0, 0.1) is 11.8 Å². The van der Waals surface area contributed by atoms with Gasteiger partial charge in [-0.05, 0) is 60.7 Å². The number of aromatic nitrogens is 2. The van der Waals surface area contributed by atoms with E-state index in [2.05, 4.69) is 29.4 Å². The highest BCUT2D eigenvalue weighted by atomic mass is 32.2. The Hall–Kier alpha value is -3.57. The van der Waals surface area contributed by atoms with Crippen molar-refractivity contribution in [2.75, 3.05) is 32.5 Å². The van der Waals surface area contributed by atoms with Crippen LogP contribution in [0.15, 0.2) is 57.8 Å². The number of anilines is 1. The molecule has 0 saturated carbocycles. The number of hydrogen-bond acceptors (Lipinski definition) is 7. The maximum absolute atomic E-state index is 13.1. The summed E-state index contributed by atoms with van der Waals surface area (Å²) in [4.78, 5) is 26.5. The molecule has 1 aliphatic rings. The minimum atomic E-state index is -3.64. The Bertz CT molecular complexity index is 1360. The van der Waals surface area contributed by atoms with Crippen LogP contribution < -0.4 is 5.32 Å². The Morgan fingerprint density at radius 3 is 2.31 bits per heavy atom. The predicted octanol–water partition coefficient (Wildman–Crippen LogP) is 3.36. The van der Waals surface area contributed by atoms with Gasteiger partial charge in [0.2, 0.25) is 15.9 Å². The van der Waals surface area contributed by atoms with Crippen molar-refractivity contribution in [3.05, 3.63) is 59.7 Å². The number of rotatable bonds is 6. The quantitative estimate of drug-likeness (QED) is 0.538. The summed E-state index contributed by atoms with van der Waals surface area (Å²) in [6.07, 6.45) is 1.00. The molecule has 0 unspecified atom stereocenters. The molecule has 2 amide bonds. The second kappa shape index (κ2) is 10.2. The monoisotopic (exact) mass is 511 g/mol. The third kappa shape index (κ3) is 5.47. The SMILES string of the molecule is C[C@@H]1C[C@H](C)CN(S(=O)(=O)c2ccc(C(=O)Nc3nnc(-c4cccc(C(=O)N(C)C)c4)o3)cc2)C1. The smallest absolute Gasteiger partial charge is 0.322 e. The molecule has 2 heterocycles. The van der Waals surface area contributed by atoms with Gasteiger partial charge >= 0.3 is 6.01 Å². The van der Waals surface area contributed by atoms with Gasteiger partial charge in [-0.1, -0.05) is 25.0 Å². The number of amides is 2. The normalized spacial score (nSPS) is 18.6. The Balaban J connectivity index is 1.45. The molecule has 1 N–H and O–H groups in total. The van der Waals surface area contributed by atoms with Crippen LogP contribution in [0.1, 0.15) is 41.0 Å². The van der Waals surface area contributed by atoms with Crippen LogP contribution in [-0.2, 0) is 10.0 Å². The lowest BCUT2D eigenvalue weighted by Crippen LogP contribution is -2.42. The summed E-state index contributed by atoms with van der Waals surface area (Å²) in [5.41, 5.74) is 1.24. The van der Waals surface area contributed by atoms with Crippen molar-refractivity contribution in [3.8, 4) is 11.5 Å². The number of nitrogens with zero attached hydrogens (tertiary/aromatic N) is 4. The zero-order valence-electron chi connectivity index (χ0n) is 20.6. The Labute approximate surface area is 210 Å². The van der Waals surface area contributed by atoms with E-state index in [1.54, 1.807) is 38.4 Å². The highest BCUT2D eigenvalue weighted by molar-refractivity contribution is 7.89. The summed E-state index contributed by atoms with van der Waals surface area (Å²) in [6.45, 7) is 5.07. The first-order chi connectivity index (χ1) is 17.0. The molecule has 0 aliphatic carbocycles. The number of sulfonamides is 1. The third-order valence-corrected chi connectivity index (χ3v) is 7.84. The number of benzene rings is 2. The molecule has 4 rings (SSSR count). The third-order valence-electron chi connectivity index (χ3n) is 6.00. The van der Waals surface area contributed by atoms with E-state index in [0.29, 0.717) is 36.1 Å². The van der Waals surface area contributed by atoms with Crippen molar-refractivity contribution in [1.29, 1.82) is 0 Å². The Morgan fingerprint density at radius 2 is 1.67 bits per heavy atom. The number of nitrogens with one attached hydrogen (secondary N) is 1. The summed E-state index contributed by atoms with van der Waals surface area (Å²) in [7, 11) is -0.321. The topological polar surface area (TPSA) is 126 Å². The lowest BCUT2D eigenvalue weighted by molar-refractivity contribution is 0.0827.